The maximum atomic E-state index is 12.6. The molecule has 24 heavy (non-hydrogen) atoms. The van der Waals surface area contributed by atoms with Gasteiger partial charge in [0.25, 0.3) is 0 Å². The van der Waals surface area contributed by atoms with Crippen molar-refractivity contribution in [2.45, 2.75) is 12.8 Å². The first-order valence-corrected chi connectivity index (χ1v) is 7.59. The van der Waals surface area contributed by atoms with Gasteiger partial charge < -0.3 is 18.9 Å². The molecule has 2 aromatic rings. The minimum absolute atomic E-state index is 0.000495. The number of benzene rings is 2. The van der Waals surface area contributed by atoms with Crippen molar-refractivity contribution in [1.82, 2.24) is 0 Å². The molecule has 0 spiro atoms. The minimum atomic E-state index is 0.000495. The minimum Gasteiger partial charge on any atom is -0.497 e. The van der Waals surface area contributed by atoms with Gasteiger partial charge in [0.15, 0.2) is 17.3 Å². The third-order valence-electron chi connectivity index (χ3n) is 3.80. The molecule has 0 radical (unpaired) electrons. The largest absolute Gasteiger partial charge is 0.497 e. The summed E-state index contributed by atoms with van der Waals surface area (Å²) in [6.45, 7) is 0. The zero-order valence-corrected chi connectivity index (χ0v) is 14.4. The lowest BCUT2D eigenvalue weighted by molar-refractivity contribution is 0.0979. The number of hydrogen-bond acceptors (Lipinski definition) is 5. The standard InChI is InChI=1S/C19H22O5/c1-21-14-7-10-17(22-2)15(12-14)16(20)8-5-13-6-9-18(23-3)19(11-13)24-4/h6-7,9-12H,5,8H2,1-4H3. The molecule has 0 atom stereocenters. The smallest absolute Gasteiger partial charge is 0.167 e. The number of ketones is 1. The van der Waals surface area contributed by atoms with Crippen LogP contribution < -0.4 is 18.9 Å². The first kappa shape index (κ1) is 17.7. The van der Waals surface area contributed by atoms with Crippen LogP contribution in [0.4, 0.5) is 0 Å². The summed E-state index contributed by atoms with van der Waals surface area (Å²) >= 11 is 0. The van der Waals surface area contributed by atoms with Gasteiger partial charge in [-0.05, 0) is 42.3 Å². The van der Waals surface area contributed by atoms with E-state index >= 15 is 0 Å². The van der Waals surface area contributed by atoms with Crippen molar-refractivity contribution in [1.29, 1.82) is 0 Å². The normalized spacial score (nSPS) is 10.2. The van der Waals surface area contributed by atoms with Crippen molar-refractivity contribution in [3.8, 4) is 23.0 Å². The van der Waals surface area contributed by atoms with E-state index in [0.717, 1.165) is 5.56 Å². The van der Waals surface area contributed by atoms with Crippen molar-refractivity contribution in [3.05, 3.63) is 47.5 Å². The molecule has 0 bridgehead atoms. The van der Waals surface area contributed by atoms with Gasteiger partial charge in [-0.3, -0.25) is 4.79 Å². The molecule has 0 aliphatic rings. The Morgan fingerprint density at radius 2 is 1.46 bits per heavy atom. The Balaban J connectivity index is 2.13. The average Bonchev–Trinajstić information content (AvgIpc) is 2.65. The topological polar surface area (TPSA) is 54.0 Å². The van der Waals surface area contributed by atoms with Crippen molar-refractivity contribution in [2.24, 2.45) is 0 Å². The zero-order chi connectivity index (χ0) is 17.5. The fourth-order valence-electron chi connectivity index (χ4n) is 2.46. The highest BCUT2D eigenvalue weighted by Crippen LogP contribution is 2.29. The Hall–Kier alpha value is -2.69. The van der Waals surface area contributed by atoms with E-state index in [1.165, 1.54) is 0 Å². The Labute approximate surface area is 142 Å². The highest BCUT2D eigenvalue weighted by molar-refractivity contribution is 5.99. The highest BCUT2D eigenvalue weighted by atomic mass is 16.5. The summed E-state index contributed by atoms with van der Waals surface area (Å²) in [5, 5.41) is 0. The van der Waals surface area contributed by atoms with Gasteiger partial charge in [-0.25, -0.2) is 0 Å². The molecule has 5 nitrogen and oxygen atoms in total. The van der Waals surface area contributed by atoms with Crippen LogP contribution in [0.15, 0.2) is 36.4 Å². The molecular formula is C19H22O5. The van der Waals surface area contributed by atoms with Crippen LogP contribution in [0.25, 0.3) is 0 Å². The van der Waals surface area contributed by atoms with Gasteiger partial charge in [-0.1, -0.05) is 6.07 Å². The van der Waals surface area contributed by atoms with Crippen LogP contribution in [0, 0.1) is 0 Å². The number of ether oxygens (including phenoxy) is 4. The molecule has 128 valence electrons. The van der Waals surface area contributed by atoms with Crippen LogP contribution in [-0.2, 0) is 6.42 Å². The van der Waals surface area contributed by atoms with Crippen molar-refractivity contribution >= 4 is 5.78 Å². The molecule has 5 heteroatoms. The molecule has 0 aromatic heterocycles. The zero-order valence-electron chi connectivity index (χ0n) is 14.4. The number of rotatable bonds is 8. The first-order valence-electron chi connectivity index (χ1n) is 7.59. The van der Waals surface area contributed by atoms with Crippen LogP contribution in [0.5, 0.6) is 23.0 Å². The summed E-state index contributed by atoms with van der Waals surface area (Å²) < 4.78 is 21.0. The average molecular weight is 330 g/mol. The van der Waals surface area contributed by atoms with E-state index in [0.29, 0.717) is 41.4 Å². The summed E-state index contributed by atoms with van der Waals surface area (Å²) in [6.07, 6.45) is 0.957. The van der Waals surface area contributed by atoms with Gasteiger partial charge in [-0.2, -0.15) is 0 Å². The summed E-state index contributed by atoms with van der Waals surface area (Å²) in [5.74, 6) is 2.50. The number of carbonyl (C=O) groups is 1. The summed E-state index contributed by atoms with van der Waals surface area (Å²) in [5.41, 5.74) is 1.53. The van der Waals surface area contributed by atoms with Gasteiger partial charge in [-0.15, -0.1) is 0 Å². The third kappa shape index (κ3) is 3.98. The molecule has 0 N–H and O–H groups in total. The molecule has 0 amide bonds. The van der Waals surface area contributed by atoms with Crippen LogP contribution in [0.3, 0.4) is 0 Å². The SMILES string of the molecule is COc1ccc(OC)c(C(=O)CCc2ccc(OC)c(OC)c2)c1. The molecular weight excluding hydrogens is 308 g/mol. The number of Topliss-reactive ketones (excluding diaryl/α,β-unsaturated/α-hetero) is 1. The van der Waals surface area contributed by atoms with Crippen LogP contribution >= 0.6 is 0 Å². The number of methoxy groups -OCH3 is 4. The number of carbonyl (C=O) groups excluding carboxylic acids is 1. The second-order valence-electron chi connectivity index (χ2n) is 5.18. The quantitative estimate of drug-likeness (QED) is 0.693. The third-order valence-corrected chi connectivity index (χ3v) is 3.80. The lowest BCUT2D eigenvalue weighted by Gasteiger charge is -2.11. The van der Waals surface area contributed by atoms with E-state index in [-0.39, 0.29) is 5.78 Å². The summed E-state index contributed by atoms with van der Waals surface area (Å²) in [6, 6.07) is 10.9. The first-order chi connectivity index (χ1) is 11.6. The molecule has 0 aliphatic heterocycles. The monoisotopic (exact) mass is 330 g/mol. The van der Waals surface area contributed by atoms with Gasteiger partial charge in [0, 0.05) is 6.42 Å². The van der Waals surface area contributed by atoms with Crippen molar-refractivity contribution in [3.63, 3.8) is 0 Å². The van der Waals surface area contributed by atoms with E-state index in [1.807, 2.05) is 18.2 Å². The van der Waals surface area contributed by atoms with E-state index in [9.17, 15) is 4.79 Å². The summed E-state index contributed by atoms with van der Waals surface area (Å²) in [7, 11) is 6.30. The molecule has 0 saturated heterocycles. The Morgan fingerprint density at radius 3 is 2.08 bits per heavy atom. The van der Waals surface area contributed by atoms with Gasteiger partial charge >= 0.3 is 0 Å². The maximum Gasteiger partial charge on any atom is 0.167 e. The Morgan fingerprint density at radius 1 is 0.792 bits per heavy atom. The molecule has 2 rings (SSSR count). The molecule has 0 aliphatic carbocycles. The molecule has 2 aromatic carbocycles. The fraction of sp³-hybridized carbons (Fsp3) is 0.316. The molecule has 0 heterocycles. The number of hydrogen-bond donors (Lipinski definition) is 0. The summed E-state index contributed by atoms with van der Waals surface area (Å²) in [4.78, 5) is 12.6. The highest BCUT2D eigenvalue weighted by Gasteiger charge is 2.14. The second kappa shape index (κ2) is 8.24. The van der Waals surface area contributed by atoms with E-state index in [4.69, 9.17) is 18.9 Å². The van der Waals surface area contributed by atoms with Gasteiger partial charge in [0.2, 0.25) is 0 Å². The molecule has 0 saturated carbocycles. The van der Waals surface area contributed by atoms with E-state index < -0.39 is 0 Å². The predicted molar refractivity (Wildman–Crippen MR) is 91.7 cm³/mol. The van der Waals surface area contributed by atoms with Crippen LogP contribution in [0.2, 0.25) is 0 Å². The Bertz CT molecular complexity index is 709. The lowest BCUT2D eigenvalue weighted by atomic mass is 10.0. The molecule has 0 unspecified atom stereocenters. The molecule has 0 fully saturated rings. The van der Waals surface area contributed by atoms with E-state index in [2.05, 4.69) is 0 Å². The second-order valence-corrected chi connectivity index (χ2v) is 5.18. The maximum absolute atomic E-state index is 12.6. The lowest BCUT2D eigenvalue weighted by Crippen LogP contribution is -2.04. The van der Waals surface area contributed by atoms with Gasteiger partial charge in [0.05, 0.1) is 34.0 Å². The fourth-order valence-corrected chi connectivity index (χ4v) is 2.46. The van der Waals surface area contributed by atoms with Crippen LogP contribution in [0.1, 0.15) is 22.3 Å². The van der Waals surface area contributed by atoms with Crippen molar-refractivity contribution < 1.29 is 23.7 Å². The van der Waals surface area contributed by atoms with Gasteiger partial charge in [0.1, 0.15) is 11.5 Å². The van der Waals surface area contributed by atoms with E-state index in [1.54, 1.807) is 46.6 Å². The number of aryl methyl sites for hydroxylation is 1. The van der Waals surface area contributed by atoms with Crippen molar-refractivity contribution in [2.75, 3.05) is 28.4 Å². The Kier molecular flexibility index (Phi) is 6.07. The predicted octanol–water partition coefficient (Wildman–Crippen LogP) is 3.54. The van der Waals surface area contributed by atoms with Crippen LogP contribution in [-0.4, -0.2) is 34.2 Å².